The van der Waals surface area contributed by atoms with E-state index in [1.54, 1.807) is 18.4 Å². The lowest BCUT2D eigenvalue weighted by Gasteiger charge is -2.36. The molecule has 2 atom stereocenters. The van der Waals surface area contributed by atoms with Crippen molar-refractivity contribution < 1.29 is 8.42 Å². The summed E-state index contributed by atoms with van der Waals surface area (Å²) in [5.74, 6) is 0.401. The predicted molar refractivity (Wildman–Crippen MR) is 98.5 cm³/mol. The predicted octanol–water partition coefficient (Wildman–Crippen LogP) is 1.39. The average molecular weight is 382 g/mol. The van der Waals surface area contributed by atoms with Crippen molar-refractivity contribution >= 4 is 33.0 Å². The minimum Gasteiger partial charge on any atom is -0.294 e. The van der Waals surface area contributed by atoms with Crippen LogP contribution in [0.5, 0.6) is 0 Å². The molecule has 9 heteroatoms. The Labute approximate surface area is 152 Å². The van der Waals surface area contributed by atoms with Gasteiger partial charge in [0, 0.05) is 46.3 Å². The van der Waals surface area contributed by atoms with E-state index in [1.807, 2.05) is 6.07 Å². The fraction of sp³-hybridized carbons (Fsp3) is 0.625. The molecule has 136 valence electrons. The van der Waals surface area contributed by atoms with E-state index in [0.29, 0.717) is 19.0 Å². The molecule has 5 rings (SSSR count). The molecule has 2 aromatic rings. The number of hydrogen-bond acceptors (Lipinski definition) is 6. The minimum absolute atomic E-state index is 0.276. The van der Waals surface area contributed by atoms with Crippen molar-refractivity contribution in [3.05, 3.63) is 23.8 Å². The summed E-state index contributed by atoms with van der Waals surface area (Å²) in [6.45, 7) is 3.00. The van der Waals surface area contributed by atoms with Crippen LogP contribution in [0.25, 0.3) is 11.0 Å². The molecule has 3 aliphatic rings. The standard InChI is InChI=1S/C16H23N5O2S2/c1-19(2)25(22,23)21-10-13-3-5-14(11-21)20(9-13)8-12-4-6-15-16(7-12)18-24-17-15/h4,6-7,13-14H,3,5,8-11H2,1-2H3/t13-,14-/m0/s1. The quantitative estimate of drug-likeness (QED) is 0.801. The number of piperidine rings is 1. The normalized spacial score (nSPS) is 25.7. The molecule has 0 saturated carbocycles. The summed E-state index contributed by atoms with van der Waals surface area (Å²) in [6.07, 6.45) is 2.17. The summed E-state index contributed by atoms with van der Waals surface area (Å²) in [7, 11) is -0.127. The molecule has 0 N–H and O–H groups in total. The van der Waals surface area contributed by atoms with Gasteiger partial charge in [0.2, 0.25) is 0 Å². The Hall–Kier alpha value is -1.13. The van der Waals surface area contributed by atoms with Crippen molar-refractivity contribution in [3.8, 4) is 0 Å². The molecule has 1 aromatic carbocycles. The van der Waals surface area contributed by atoms with Crippen LogP contribution in [-0.4, -0.2) is 70.4 Å². The molecule has 4 heterocycles. The van der Waals surface area contributed by atoms with E-state index in [1.165, 1.54) is 21.6 Å². The fourth-order valence-corrected chi connectivity index (χ4v) is 5.65. The Morgan fingerprint density at radius 3 is 2.76 bits per heavy atom. The maximum atomic E-state index is 12.6. The van der Waals surface area contributed by atoms with Gasteiger partial charge in [0.1, 0.15) is 11.0 Å². The zero-order valence-electron chi connectivity index (χ0n) is 14.5. The zero-order valence-corrected chi connectivity index (χ0v) is 16.1. The van der Waals surface area contributed by atoms with Gasteiger partial charge >= 0.3 is 0 Å². The minimum atomic E-state index is -3.34. The summed E-state index contributed by atoms with van der Waals surface area (Å²) in [5.41, 5.74) is 3.10. The molecule has 0 aliphatic carbocycles. The second-order valence-corrected chi connectivity index (χ2v) is 9.89. The average Bonchev–Trinajstić information content (AvgIpc) is 2.84. The highest BCUT2D eigenvalue weighted by Crippen LogP contribution is 2.31. The van der Waals surface area contributed by atoms with Gasteiger partial charge in [0.25, 0.3) is 10.2 Å². The van der Waals surface area contributed by atoms with Gasteiger partial charge < -0.3 is 0 Å². The van der Waals surface area contributed by atoms with Crippen molar-refractivity contribution in [3.63, 3.8) is 0 Å². The number of aromatic nitrogens is 2. The van der Waals surface area contributed by atoms with Crippen molar-refractivity contribution in [2.75, 3.05) is 33.7 Å². The molecular formula is C16H23N5O2S2. The van der Waals surface area contributed by atoms with Crippen LogP contribution in [0.4, 0.5) is 0 Å². The van der Waals surface area contributed by atoms with Crippen LogP contribution < -0.4 is 0 Å². The topological polar surface area (TPSA) is 69.6 Å². The first-order valence-electron chi connectivity index (χ1n) is 8.56. The van der Waals surface area contributed by atoms with Crippen LogP contribution in [0.3, 0.4) is 0 Å². The number of fused-ring (bicyclic) bond motifs is 5. The zero-order chi connectivity index (χ0) is 17.6. The Balaban J connectivity index is 1.54. The van der Waals surface area contributed by atoms with Crippen molar-refractivity contribution in [1.82, 2.24) is 22.3 Å². The van der Waals surface area contributed by atoms with Gasteiger partial charge in [-0.3, -0.25) is 4.90 Å². The highest BCUT2D eigenvalue weighted by Gasteiger charge is 2.39. The van der Waals surface area contributed by atoms with Crippen molar-refractivity contribution in [1.29, 1.82) is 0 Å². The maximum absolute atomic E-state index is 12.6. The molecule has 0 radical (unpaired) electrons. The molecule has 1 aromatic heterocycles. The first-order valence-corrected chi connectivity index (χ1v) is 10.7. The van der Waals surface area contributed by atoms with Crippen LogP contribution >= 0.6 is 11.7 Å². The van der Waals surface area contributed by atoms with Crippen LogP contribution in [0.15, 0.2) is 18.2 Å². The molecule has 3 fully saturated rings. The van der Waals surface area contributed by atoms with Gasteiger partial charge in [-0.2, -0.15) is 25.8 Å². The lowest BCUT2D eigenvalue weighted by molar-refractivity contribution is 0.125. The van der Waals surface area contributed by atoms with Crippen LogP contribution in [0, 0.1) is 5.92 Å². The Morgan fingerprint density at radius 2 is 1.96 bits per heavy atom. The monoisotopic (exact) mass is 381 g/mol. The second-order valence-electron chi connectivity index (χ2n) is 7.22. The fourth-order valence-electron chi connectivity index (χ4n) is 3.91. The third kappa shape index (κ3) is 3.31. The third-order valence-electron chi connectivity index (χ3n) is 5.29. The lowest BCUT2D eigenvalue weighted by Crippen LogP contribution is -2.45. The summed E-state index contributed by atoms with van der Waals surface area (Å²) >= 11 is 1.24. The molecule has 0 spiro atoms. The summed E-state index contributed by atoms with van der Waals surface area (Å²) in [5, 5.41) is 0. The first kappa shape index (κ1) is 17.3. The van der Waals surface area contributed by atoms with E-state index < -0.39 is 10.2 Å². The van der Waals surface area contributed by atoms with Gasteiger partial charge in [-0.15, -0.1) is 0 Å². The van der Waals surface area contributed by atoms with Crippen LogP contribution in [0.2, 0.25) is 0 Å². The Kier molecular flexibility index (Phi) is 4.53. The van der Waals surface area contributed by atoms with Crippen LogP contribution in [0.1, 0.15) is 18.4 Å². The highest BCUT2D eigenvalue weighted by atomic mass is 32.2. The van der Waals surface area contributed by atoms with E-state index in [2.05, 4.69) is 25.8 Å². The molecule has 3 aliphatic heterocycles. The molecule has 2 bridgehead atoms. The van der Waals surface area contributed by atoms with Gasteiger partial charge in [0.05, 0.1) is 11.7 Å². The summed E-state index contributed by atoms with van der Waals surface area (Å²) in [6, 6.07) is 6.51. The number of hydrogen-bond donors (Lipinski definition) is 0. The van der Waals surface area contributed by atoms with Crippen LogP contribution in [-0.2, 0) is 16.8 Å². The summed E-state index contributed by atoms with van der Waals surface area (Å²) < 4.78 is 36.7. The molecule has 3 saturated heterocycles. The van der Waals surface area contributed by atoms with Crippen molar-refractivity contribution in [2.24, 2.45) is 5.92 Å². The maximum Gasteiger partial charge on any atom is 0.281 e. The summed E-state index contributed by atoms with van der Waals surface area (Å²) in [4.78, 5) is 2.44. The highest BCUT2D eigenvalue weighted by molar-refractivity contribution is 7.86. The smallest absolute Gasteiger partial charge is 0.281 e. The van der Waals surface area contributed by atoms with E-state index in [0.717, 1.165) is 37.0 Å². The number of nitrogens with zero attached hydrogens (tertiary/aromatic N) is 5. The SMILES string of the molecule is CN(C)S(=O)(=O)N1C[C@H]2CC[C@@H](C1)N(Cc1ccc3nsnc3c1)C2. The lowest BCUT2D eigenvalue weighted by atomic mass is 9.94. The van der Waals surface area contributed by atoms with Gasteiger partial charge in [-0.1, -0.05) is 6.07 Å². The van der Waals surface area contributed by atoms with E-state index in [9.17, 15) is 8.42 Å². The van der Waals surface area contributed by atoms with E-state index >= 15 is 0 Å². The van der Waals surface area contributed by atoms with E-state index in [4.69, 9.17) is 0 Å². The van der Waals surface area contributed by atoms with Gasteiger partial charge in [-0.25, -0.2) is 0 Å². The molecule has 0 amide bonds. The van der Waals surface area contributed by atoms with Gasteiger partial charge in [-0.05, 0) is 36.5 Å². The molecular weight excluding hydrogens is 358 g/mol. The van der Waals surface area contributed by atoms with Crippen molar-refractivity contribution in [2.45, 2.75) is 25.4 Å². The molecule has 25 heavy (non-hydrogen) atoms. The van der Waals surface area contributed by atoms with E-state index in [-0.39, 0.29) is 6.04 Å². The molecule has 0 unspecified atom stereocenters. The molecule has 7 nitrogen and oxygen atoms in total. The Morgan fingerprint density at radius 1 is 1.16 bits per heavy atom. The largest absolute Gasteiger partial charge is 0.294 e. The first-order chi connectivity index (χ1) is 11.9. The third-order valence-corrected chi connectivity index (χ3v) is 7.72. The number of rotatable bonds is 4. The van der Waals surface area contributed by atoms with Gasteiger partial charge in [0.15, 0.2) is 0 Å². The number of benzene rings is 1. The Bertz CT molecular complexity index is 866. The second kappa shape index (κ2) is 6.55.